The normalized spacial score (nSPS) is 10.4. The van der Waals surface area contributed by atoms with Crippen LogP contribution in [0.3, 0.4) is 0 Å². The van der Waals surface area contributed by atoms with Gasteiger partial charge in [0.05, 0.1) is 11.8 Å². The van der Waals surface area contributed by atoms with E-state index in [0.29, 0.717) is 22.1 Å². The molecule has 25 heavy (non-hydrogen) atoms. The zero-order valence-corrected chi connectivity index (χ0v) is 15.2. The van der Waals surface area contributed by atoms with Gasteiger partial charge in [0.2, 0.25) is 11.8 Å². The molecule has 2 aromatic rings. The van der Waals surface area contributed by atoms with Gasteiger partial charge in [-0.1, -0.05) is 29.8 Å². The molecule has 0 aliphatic carbocycles. The van der Waals surface area contributed by atoms with Crippen molar-refractivity contribution >= 4 is 34.8 Å². The highest BCUT2D eigenvalue weighted by Gasteiger charge is 2.13. The minimum atomic E-state index is -0.421. The average molecular weight is 361 g/mol. The Morgan fingerprint density at radius 3 is 2.44 bits per heavy atom. The predicted octanol–water partition coefficient (Wildman–Crippen LogP) is 4.40. The summed E-state index contributed by atoms with van der Waals surface area (Å²) in [6.07, 6.45) is -0.325. The van der Waals surface area contributed by atoms with Gasteiger partial charge in [-0.15, -0.1) is 0 Å². The molecule has 0 fully saturated rings. The van der Waals surface area contributed by atoms with Crippen molar-refractivity contribution in [1.29, 1.82) is 0 Å². The third-order valence-corrected chi connectivity index (χ3v) is 3.71. The smallest absolute Gasteiger partial charge is 0.233 e. The summed E-state index contributed by atoms with van der Waals surface area (Å²) in [6, 6.07) is 12.3. The van der Waals surface area contributed by atoms with E-state index in [9.17, 15) is 9.59 Å². The van der Waals surface area contributed by atoms with Crippen LogP contribution < -0.4 is 15.4 Å². The first-order valence-corrected chi connectivity index (χ1v) is 8.34. The molecule has 0 heterocycles. The highest BCUT2D eigenvalue weighted by Crippen LogP contribution is 2.25. The van der Waals surface area contributed by atoms with Crippen molar-refractivity contribution < 1.29 is 14.3 Å². The molecule has 0 radical (unpaired) electrons. The fourth-order valence-electron chi connectivity index (χ4n) is 2.14. The van der Waals surface area contributed by atoms with E-state index in [1.54, 1.807) is 36.4 Å². The van der Waals surface area contributed by atoms with Crippen LogP contribution in [-0.4, -0.2) is 17.9 Å². The molecule has 0 unspecified atom stereocenters. The molecular weight excluding hydrogens is 340 g/mol. The summed E-state index contributed by atoms with van der Waals surface area (Å²) in [5, 5.41) is 5.92. The second-order valence-corrected chi connectivity index (χ2v) is 6.31. The Morgan fingerprint density at radius 1 is 1.08 bits per heavy atom. The van der Waals surface area contributed by atoms with Crippen LogP contribution in [0.5, 0.6) is 5.75 Å². The molecule has 5 nitrogen and oxygen atoms in total. The van der Waals surface area contributed by atoms with E-state index in [0.717, 1.165) is 5.56 Å². The number of hydrogen-bond donors (Lipinski definition) is 2. The third kappa shape index (κ3) is 5.80. The Balaban J connectivity index is 1.96. The topological polar surface area (TPSA) is 67.4 Å². The predicted molar refractivity (Wildman–Crippen MR) is 100 cm³/mol. The van der Waals surface area contributed by atoms with Crippen LogP contribution in [0.1, 0.15) is 25.8 Å². The molecule has 0 saturated heterocycles. The average Bonchev–Trinajstić information content (AvgIpc) is 2.52. The molecule has 0 saturated carbocycles. The van der Waals surface area contributed by atoms with Crippen LogP contribution in [0.25, 0.3) is 0 Å². The molecule has 2 N–H and O–H groups in total. The molecular formula is C19H21ClN2O3. The molecule has 2 amide bonds. The maximum atomic E-state index is 12.1. The summed E-state index contributed by atoms with van der Waals surface area (Å²) in [5.74, 6) is -0.272. The van der Waals surface area contributed by atoms with Gasteiger partial charge in [-0.3, -0.25) is 9.59 Å². The maximum absolute atomic E-state index is 12.1. The highest BCUT2D eigenvalue weighted by atomic mass is 35.5. The first kappa shape index (κ1) is 18.8. The van der Waals surface area contributed by atoms with Crippen molar-refractivity contribution in [2.45, 2.75) is 33.3 Å². The molecule has 0 bridgehead atoms. The van der Waals surface area contributed by atoms with Gasteiger partial charge in [-0.05, 0) is 50.6 Å². The molecule has 2 rings (SSSR count). The number of rotatable bonds is 6. The molecule has 0 atom stereocenters. The maximum Gasteiger partial charge on any atom is 0.233 e. The van der Waals surface area contributed by atoms with Gasteiger partial charge < -0.3 is 15.4 Å². The Bertz CT molecular complexity index is 775. The van der Waals surface area contributed by atoms with E-state index in [-0.39, 0.29) is 12.5 Å². The Morgan fingerprint density at radius 2 is 1.76 bits per heavy atom. The van der Waals surface area contributed by atoms with E-state index in [1.165, 1.54) is 0 Å². The molecule has 0 aliphatic heterocycles. The van der Waals surface area contributed by atoms with Crippen molar-refractivity contribution in [3.63, 3.8) is 0 Å². The number of hydrogen-bond acceptors (Lipinski definition) is 3. The molecule has 0 aliphatic rings. The monoisotopic (exact) mass is 360 g/mol. The Hall–Kier alpha value is -2.53. The standard InChI is InChI=1S/C19H21ClN2O3/c1-12(2)25-17-7-5-4-6-16(17)22-19(24)11-18(23)21-14-9-8-13(3)15(20)10-14/h4-10,12H,11H2,1-3H3,(H,21,23)(H,22,24). The number of anilines is 2. The number of nitrogens with one attached hydrogen (secondary N) is 2. The minimum Gasteiger partial charge on any atom is -0.489 e. The first-order chi connectivity index (χ1) is 11.8. The number of amides is 2. The van der Waals surface area contributed by atoms with Crippen molar-refractivity contribution in [2.75, 3.05) is 10.6 Å². The zero-order chi connectivity index (χ0) is 18.4. The summed E-state index contributed by atoms with van der Waals surface area (Å²) in [5.41, 5.74) is 2.00. The fraction of sp³-hybridized carbons (Fsp3) is 0.263. The van der Waals surface area contributed by atoms with Gasteiger partial charge in [0.15, 0.2) is 0 Å². The van der Waals surface area contributed by atoms with E-state index in [2.05, 4.69) is 10.6 Å². The number of carbonyl (C=O) groups excluding carboxylic acids is 2. The van der Waals surface area contributed by atoms with Crippen LogP contribution in [0.15, 0.2) is 42.5 Å². The van der Waals surface area contributed by atoms with Crippen molar-refractivity contribution in [2.24, 2.45) is 0 Å². The minimum absolute atomic E-state index is 0.0207. The lowest BCUT2D eigenvalue weighted by Crippen LogP contribution is -2.22. The second kappa shape index (κ2) is 8.53. The first-order valence-electron chi connectivity index (χ1n) is 7.96. The van der Waals surface area contributed by atoms with E-state index in [4.69, 9.17) is 16.3 Å². The van der Waals surface area contributed by atoms with E-state index < -0.39 is 11.8 Å². The van der Waals surface area contributed by atoms with Crippen LogP contribution in [0.4, 0.5) is 11.4 Å². The van der Waals surface area contributed by atoms with Gasteiger partial charge in [0, 0.05) is 10.7 Å². The van der Waals surface area contributed by atoms with Crippen molar-refractivity contribution in [3.8, 4) is 5.75 Å². The van der Waals surface area contributed by atoms with Gasteiger partial charge in [0.1, 0.15) is 12.2 Å². The summed E-state index contributed by atoms with van der Waals surface area (Å²) in [6.45, 7) is 5.68. The van der Waals surface area contributed by atoms with Crippen LogP contribution in [0.2, 0.25) is 5.02 Å². The lowest BCUT2D eigenvalue weighted by molar-refractivity contribution is -0.123. The molecule has 0 spiro atoms. The SMILES string of the molecule is Cc1ccc(NC(=O)CC(=O)Nc2ccccc2OC(C)C)cc1Cl. The number of ether oxygens (including phenoxy) is 1. The van der Waals surface area contributed by atoms with E-state index >= 15 is 0 Å². The molecule has 2 aromatic carbocycles. The largest absolute Gasteiger partial charge is 0.489 e. The Kier molecular flexibility index (Phi) is 6.42. The molecule has 132 valence electrons. The highest BCUT2D eigenvalue weighted by molar-refractivity contribution is 6.31. The number of para-hydroxylation sites is 2. The summed E-state index contributed by atoms with van der Waals surface area (Å²) in [7, 11) is 0. The second-order valence-electron chi connectivity index (χ2n) is 5.90. The van der Waals surface area contributed by atoms with Gasteiger partial charge >= 0.3 is 0 Å². The molecule has 6 heteroatoms. The fourth-order valence-corrected chi connectivity index (χ4v) is 2.32. The van der Waals surface area contributed by atoms with Crippen molar-refractivity contribution in [1.82, 2.24) is 0 Å². The third-order valence-electron chi connectivity index (χ3n) is 3.30. The lowest BCUT2D eigenvalue weighted by atomic mass is 10.2. The Labute approximate surface area is 152 Å². The zero-order valence-electron chi connectivity index (χ0n) is 14.4. The summed E-state index contributed by atoms with van der Waals surface area (Å²) in [4.78, 5) is 24.1. The number of carbonyl (C=O) groups is 2. The van der Waals surface area contributed by atoms with Crippen molar-refractivity contribution in [3.05, 3.63) is 53.1 Å². The van der Waals surface area contributed by atoms with E-state index in [1.807, 2.05) is 26.8 Å². The number of aryl methyl sites for hydroxylation is 1. The quantitative estimate of drug-likeness (QED) is 0.750. The van der Waals surface area contributed by atoms with Crippen LogP contribution >= 0.6 is 11.6 Å². The summed E-state index contributed by atoms with van der Waals surface area (Å²) < 4.78 is 5.64. The number of benzene rings is 2. The summed E-state index contributed by atoms with van der Waals surface area (Å²) >= 11 is 6.02. The lowest BCUT2D eigenvalue weighted by Gasteiger charge is -2.14. The van der Waals surface area contributed by atoms with Crippen LogP contribution in [-0.2, 0) is 9.59 Å². The number of halogens is 1. The van der Waals surface area contributed by atoms with Gasteiger partial charge in [-0.2, -0.15) is 0 Å². The van der Waals surface area contributed by atoms with Gasteiger partial charge in [0.25, 0.3) is 0 Å². The van der Waals surface area contributed by atoms with Gasteiger partial charge in [-0.25, -0.2) is 0 Å². The molecule has 0 aromatic heterocycles. The van der Waals surface area contributed by atoms with Crippen LogP contribution in [0, 0.1) is 6.92 Å².